The van der Waals surface area contributed by atoms with E-state index in [0.717, 1.165) is 0 Å². The largest absolute Gasteiger partial charge is 0.462 e. The summed E-state index contributed by atoms with van der Waals surface area (Å²) < 4.78 is 36.7. The third-order valence-electron chi connectivity index (χ3n) is 3.47. The molecule has 0 saturated heterocycles. The van der Waals surface area contributed by atoms with Gasteiger partial charge in [-0.1, -0.05) is 24.3 Å². The number of carbonyl (C=O) groups excluding carboxylic acids is 2. The molecular formula is C20H18F2O4. The van der Waals surface area contributed by atoms with Crippen LogP contribution in [0.5, 0.6) is 0 Å². The van der Waals surface area contributed by atoms with E-state index in [-0.39, 0.29) is 35.5 Å². The van der Waals surface area contributed by atoms with Gasteiger partial charge in [-0.2, -0.15) is 0 Å². The zero-order valence-corrected chi connectivity index (χ0v) is 14.4. The molecule has 2 aromatic carbocycles. The van der Waals surface area contributed by atoms with Gasteiger partial charge in [0.15, 0.2) is 0 Å². The van der Waals surface area contributed by atoms with Crippen LogP contribution in [0.15, 0.2) is 48.5 Å². The average Bonchev–Trinajstić information content (AvgIpc) is 2.62. The normalized spacial score (nSPS) is 11.5. The molecule has 0 amide bonds. The average molecular weight is 360 g/mol. The third kappa shape index (κ3) is 4.53. The van der Waals surface area contributed by atoms with Gasteiger partial charge in [0, 0.05) is 0 Å². The molecule has 0 aliphatic rings. The smallest absolute Gasteiger partial charge is 0.339 e. The minimum absolute atomic E-state index is 0.0723. The Morgan fingerprint density at radius 1 is 0.692 bits per heavy atom. The fraction of sp³-hybridized carbons (Fsp3) is 0.200. The standard InChI is InChI=1S/C20H18F2O4/c1-3-25-19(23)17(13-5-9-15(21)10-6-13)18(20(24)26-4-2)14-7-11-16(22)12-8-14/h5-12H,3-4H2,1-2H3/b18-17+. The van der Waals surface area contributed by atoms with Gasteiger partial charge in [0.05, 0.1) is 24.4 Å². The number of rotatable bonds is 6. The van der Waals surface area contributed by atoms with Gasteiger partial charge >= 0.3 is 11.9 Å². The van der Waals surface area contributed by atoms with Gasteiger partial charge in [0.2, 0.25) is 0 Å². The molecule has 0 bridgehead atoms. The van der Waals surface area contributed by atoms with Crippen LogP contribution in [-0.2, 0) is 19.1 Å². The molecule has 0 atom stereocenters. The molecule has 26 heavy (non-hydrogen) atoms. The van der Waals surface area contributed by atoms with Crippen molar-refractivity contribution in [2.24, 2.45) is 0 Å². The van der Waals surface area contributed by atoms with Gasteiger partial charge in [-0.15, -0.1) is 0 Å². The van der Waals surface area contributed by atoms with Crippen molar-refractivity contribution in [1.82, 2.24) is 0 Å². The van der Waals surface area contributed by atoms with Crippen molar-refractivity contribution in [3.05, 3.63) is 71.3 Å². The van der Waals surface area contributed by atoms with Crippen molar-refractivity contribution >= 4 is 23.1 Å². The van der Waals surface area contributed by atoms with E-state index >= 15 is 0 Å². The molecule has 0 unspecified atom stereocenters. The highest BCUT2D eigenvalue weighted by molar-refractivity contribution is 6.37. The van der Waals surface area contributed by atoms with Crippen LogP contribution >= 0.6 is 0 Å². The summed E-state index contributed by atoms with van der Waals surface area (Å²) >= 11 is 0. The second kappa shape index (κ2) is 8.89. The highest BCUT2D eigenvalue weighted by atomic mass is 19.1. The first kappa shape index (κ1) is 19.3. The van der Waals surface area contributed by atoms with E-state index in [1.807, 2.05) is 0 Å². The molecular weight excluding hydrogens is 342 g/mol. The fourth-order valence-electron chi connectivity index (χ4n) is 2.37. The van der Waals surface area contributed by atoms with E-state index in [2.05, 4.69) is 0 Å². The molecule has 0 N–H and O–H groups in total. The van der Waals surface area contributed by atoms with Gasteiger partial charge < -0.3 is 9.47 Å². The lowest BCUT2D eigenvalue weighted by atomic mass is 9.94. The van der Waals surface area contributed by atoms with Crippen molar-refractivity contribution in [2.45, 2.75) is 13.8 Å². The Morgan fingerprint density at radius 3 is 1.27 bits per heavy atom. The zero-order valence-electron chi connectivity index (χ0n) is 14.4. The highest BCUT2D eigenvalue weighted by Crippen LogP contribution is 2.29. The molecule has 2 rings (SSSR count). The summed E-state index contributed by atoms with van der Waals surface area (Å²) in [6.07, 6.45) is 0. The molecule has 0 saturated carbocycles. The van der Waals surface area contributed by atoms with Gasteiger partial charge in [0.1, 0.15) is 11.6 Å². The van der Waals surface area contributed by atoms with Crippen molar-refractivity contribution in [3.63, 3.8) is 0 Å². The maximum atomic E-state index is 13.3. The molecule has 0 aliphatic heterocycles. The van der Waals surface area contributed by atoms with E-state index in [9.17, 15) is 18.4 Å². The third-order valence-corrected chi connectivity index (χ3v) is 3.47. The van der Waals surface area contributed by atoms with Crippen LogP contribution in [0.4, 0.5) is 8.78 Å². The fourth-order valence-corrected chi connectivity index (χ4v) is 2.37. The molecule has 136 valence electrons. The lowest BCUT2D eigenvalue weighted by Crippen LogP contribution is -2.15. The van der Waals surface area contributed by atoms with E-state index in [4.69, 9.17) is 9.47 Å². The molecule has 4 nitrogen and oxygen atoms in total. The molecule has 0 aliphatic carbocycles. The number of ether oxygens (including phenoxy) is 2. The molecule has 0 heterocycles. The maximum absolute atomic E-state index is 13.3. The van der Waals surface area contributed by atoms with E-state index < -0.39 is 23.6 Å². The summed E-state index contributed by atoms with van der Waals surface area (Å²) in [5.41, 5.74) is 0.434. The Hall–Kier alpha value is -3.02. The van der Waals surface area contributed by atoms with E-state index in [0.29, 0.717) is 0 Å². The summed E-state index contributed by atoms with van der Waals surface area (Å²) in [5.74, 6) is -2.49. The number of hydrogen-bond donors (Lipinski definition) is 0. The molecule has 2 aromatic rings. The second-order valence-corrected chi connectivity index (χ2v) is 5.20. The second-order valence-electron chi connectivity index (χ2n) is 5.20. The Morgan fingerprint density at radius 2 is 1.00 bits per heavy atom. The van der Waals surface area contributed by atoms with Crippen molar-refractivity contribution in [3.8, 4) is 0 Å². The maximum Gasteiger partial charge on any atom is 0.339 e. The first-order valence-electron chi connectivity index (χ1n) is 8.08. The summed E-state index contributed by atoms with van der Waals surface area (Å²) in [5, 5.41) is 0. The summed E-state index contributed by atoms with van der Waals surface area (Å²) in [6, 6.07) is 10.1. The van der Waals surface area contributed by atoms with E-state index in [1.165, 1.54) is 48.5 Å². The summed E-state index contributed by atoms with van der Waals surface area (Å²) in [7, 11) is 0. The quantitative estimate of drug-likeness (QED) is 0.444. The SMILES string of the molecule is CCOC(=O)/C(=C(/C(=O)OCC)c1ccc(F)cc1)c1ccc(F)cc1. The van der Waals surface area contributed by atoms with Gasteiger partial charge in [-0.05, 0) is 49.2 Å². The van der Waals surface area contributed by atoms with Crippen LogP contribution < -0.4 is 0 Å². The van der Waals surface area contributed by atoms with Crippen molar-refractivity contribution < 1.29 is 27.8 Å². The Labute approximate surface area is 150 Å². The predicted octanol–water partition coefficient (Wildman–Crippen LogP) is 4.00. The minimum atomic E-state index is -0.758. The van der Waals surface area contributed by atoms with Crippen LogP contribution in [0.1, 0.15) is 25.0 Å². The Balaban J connectivity index is 2.75. The molecule has 0 spiro atoms. The summed E-state index contributed by atoms with van der Waals surface area (Å²) in [6.45, 7) is 3.43. The van der Waals surface area contributed by atoms with E-state index in [1.54, 1.807) is 13.8 Å². The van der Waals surface area contributed by atoms with Crippen molar-refractivity contribution in [1.29, 1.82) is 0 Å². The predicted molar refractivity (Wildman–Crippen MR) is 92.9 cm³/mol. The number of esters is 2. The summed E-state index contributed by atoms with van der Waals surface area (Å²) in [4.78, 5) is 25.1. The molecule has 0 fully saturated rings. The lowest BCUT2D eigenvalue weighted by molar-refractivity contribution is -0.138. The van der Waals surface area contributed by atoms with Crippen LogP contribution in [0.3, 0.4) is 0 Å². The molecule has 6 heteroatoms. The molecule has 0 aromatic heterocycles. The first-order valence-corrected chi connectivity index (χ1v) is 8.08. The lowest BCUT2D eigenvalue weighted by Gasteiger charge is -2.14. The Bertz CT molecular complexity index is 739. The van der Waals surface area contributed by atoms with Gasteiger partial charge in [0.25, 0.3) is 0 Å². The zero-order chi connectivity index (χ0) is 19.1. The monoisotopic (exact) mass is 360 g/mol. The number of benzene rings is 2. The highest BCUT2D eigenvalue weighted by Gasteiger charge is 2.26. The van der Waals surface area contributed by atoms with Crippen LogP contribution in [0.25, 0.3) is 11.1 Å². The first-order chi connectivity index (χ1) is 12.5. The van der Waals surface area contributed by atoms with Crippen LogP contribution in [0, 0.1) is 11.6 Å². The minimum Gasteiger partial charge on any atom is -0.462 e. The van der Waals surface area contributed by atoms with Crippen molar-refractivity contribution in [2.75, 3.05) is 13.2 Å². The topological polar surface area (TPSA) is 52.6 Å². The van der Waals surface area contributed by atoms with Crippen LogP contribution in [0.2, 0.25) is 0 Å². The molecule has 0 radical (unpaired) electrons. The Kier molecular flexibility index (Phi) is 6.60. The number of carbonyl (C=O) groups is 2. The van der Waals surface area contributed by atoms with Crippen LogP contribution in [-0.4, -0.2) is 25.2 Å². The number of halogens is 2. The van der Waals surface area contributed by atoms with Gasteiger partial charge in [-0.25, -0.2) is 18.4 Å². The number of hydrogen-bond acceptors (Lipinski definition) is 4. The van der Waals surface area contributed by atoms with Gasteiger partial charge in [-0.3, -0.25) is 0 Å².